The fourth-order valence-electron chi connectivity index (χ4n) is 1.72. The number of hydrogen-bond acceptors (Lipinski definition) is 4. The Morgan fingerprint density at radius 2 is 2.10 bits per heavy atom. The van der Waals surface area contributed by atoms with Gasteiger partial charge in [0.1, 0.15) is 0 Å². The van der Waals surface area contributed by atoms with E-state index in [1.807, 2.05) is 30.3 Å². The van der Waals surface area contributed by atoms with Crippen molar-refractivity contribution in [3.63, 3.8) is 0 Å². The van der Waals surface area contributed by atoms with Crippen molar-refractivity contribution in [2.24, 2.45) is 0 Å². The third-order valence-electron chi connectivity index (χ3n) is 2.91. The van der Waals surface area contributed by atoms with Gasteiger partial charge in [0.25, 0.3) is 0 Å². The molecule has 0 heterocycles. The van der Waals surface area contributed by atoms with Crippen LogP contribution in [0.5, 0.6) is 0 Å². The van der Waals surface area contributed by atoms with Crippen molar-refractivity contribution < 1.29 is 19.1 Å². The Labute approximate surface area is 119 Å². The molecule has 1 unspecified atom stereocenters. The molecule has 0 saturated carbocycles. The van der Waals surface area contributed by atoms with Crippen LogP contribution in [-0.4, -0.2) is 18.7 Å². The highest BCUT2D eigenvalue weighted by Gasteiger charge is 2.17. The summed E-state index contributed by atoms with van der Waals surface area (Å²) in [6.07, 6.45) is 3.66. The van der Waals surface area contributed by atoms with Crippen molar-refractivity contribution in [3.8, 4) is 0 Å². The van der Waals surface area contributed by atoms with Crippen LogP contribution in [0, 0.1) is 0 Å². The summed E-state index contributed by atoms with van der Waals surface area (Å²) in [4.78, 5) is 22.4. The first kappa shape index (κ1) is 16.0. The lowest BCUT2D eigenvalue weighted by atomic mass is 9.98. The maximum Gasteiger partial charge on any atom is 0.316 e. The van der Waals surface area contributed by atoms with Gasteiger partial charge < -0.3 is 9.47 Å². The van der Waals surface area contributed by atoms with Gasteiger partial charge in [0.2, 0.25) is 6.79 Å². The lowest BCUT2D eigenvalue weighted by Gasteiger charge is -2.12. The molecule has 1 rings (SSSR count). The molecular formula is C16H20O4. The normalized spacial score (nSPS) is 11.5. The Hall–Kier alpha value is -2.10. The molecule has 0 aliphatic heterocycles. The second-order valence-electron chi connectivity index (χ2n) is 4.51. The number of carbonyl (C=O) groups excluding carboxylic acids is 2. The molecule has 0 radical (unpaired) electrons. The van der Waals surface area contributed by atoms with Gasteiger partial charge in [-0.15, -0.1) is 6.58 Å². The lowest BCUT2D eigenvalue weighted by Crippen LogP contribution is -2.16. The number of hydrogen-bond donors (Lipinski definition) is 0. The first-order chi connectivity index (χ1) is 9.54. The number of allylic oxidation sites excluding steroid dienone is 1. The van der Waals surface area contributed by atoms with Gasteiger partial charge in [-0.2, -0.15) is 0 Å². The van der Waals surface area contributed by atoms with Gasteiger partial charge in [0.05, 0.1) is 5.92 Å². The van der Waals surface area contributed by atoms with Gasteiger partial charge in [-0.3, -0.25) is 9.59 Å². The second kappa shape index (κ2) is 8.15. The number of rotatable bonds is 7. The van der Waals surface area contributed by atoms with Crippen LogP contribution in [-0.2, 0) is 25.5 Å². The Balaban J connectivity index is 2.61. The highest BCUT2D eigenvalue weighted by molar-refractivity contribution is 5.77. The molecule has 108 valence electrons. The van der Waals surface area contributed by atoms with Gasteiger partial charge in [-0.25, -0.2) is 0 Å². The van der Waals surface area contributed by atoms with Crippen LogP contribution in [0.15, 0.2) is 36.9 Å². The number of esters is 2. The summed E-state index contributed by atoms with van der Waals surface area (Å²) in [5.41, 5.74) is 2.04. The zero-order valence-corrected chi connectivity index (χ0v) is 11.9. The number of aryl methyl sites for hydroxylation is 1. The molecule has 1 aromatic carbocycles. The number of carbonyl (C=O) groups is 2. The van der Waals surface area contributed by atoms with E-state index >= 15 is 0 Å². The second-order valence-corrected chi connectivity index (χ2v) is 4.51. The molecule has 0 N–H and O–H groups in total. The van der Waals surface area contributed by atoms with E-state index in [0.29, 0.717) is 0 Å². The van der Waals surface area contributed by atoms with Gasteiger partial charge in [-0.1, -0.05) is 30.3 Å². The number of benzene rings is 1. The smallest absolute Gasteiger partial charge is 0.316 e. The topological polar surface area (TPSA) is 52.6 Å². The molecule has 0 aliphatic carbocycles. The Morgan fingerprint density at radius 3 is 2.75 bits per heavy atom. The fourth-order valence-corrected chi connectivity index (χ4v) is 1.72. The van der Waals surface area contributed by atoms with E-state index in [0.717, 1.165) is 24.0 Å². The summed E-state index contributed by atoms with van der Waals surface area (Å²) in [5, 5.41) is 0. The molecule has 0 fully saturated rings. The van der Waals surface area contributed by atoms with E-state index in [9.17, 15) is 9.59 Å². The first-order valence-corrected chi connectivity index (χ1v) is 6.54. The number of ether oxygens (including phenoxy) is 2. The summed E-state index contributed by atoms with van der Waals surface area (Å²) < 4.78 is 9.47. The summed E-state index contributed by atoms with van der Waals surface area (Å²) in [6.45, 7) is 6.39. The third kappa shape index (κ3) is 5.26. The molecule has 1 atom stereocenters. The Kier molecular flexibility index (Phi) is 6.50. The van der Waals surface area contributed by atoms with Crippen molar-refractivity contribution in [2.75, 3.05) is 6.79 Å². The minimum atomic E-state index is -0.475. The fraction of sp³-hybridized carbons (Fsp3) is 0.375. The minimum absolute atomic E-state index is 0.339. The van der Waals surface area contributed by atoms with Crippen LogP contribution in [0.3, 0.4) is 0 Å². The maximum atomic E-state index is 11.8. The molecule has 0 amide bonds. The molecule has 0 aromatic heterocycles. The van der Waals surface area contributed by atoms with Gasteiger partial charge in [0, 0.05) is 6.92 Å². The van der Waals surface area contributed by atoms with Crippen LogP contribution < -0.4 is 0 Å². The predicted molar refractivity (Wildman–Crippen MR) is 76.1 cm³/mol. The molecule has 1 aromatic rings. The molecule has 0 spiro atoms. The molecule has 4 heteroatoms. The predicted octanol–water partition coefficient (Wildman–Crippen LogP) is 2.97. The molecular weight excluding hydrogens is 256 g/mol. The molecule has 0 saturated heterocycles. The van der Waals surface area contributed by atoms with Crippen molar-refractivity contribution in [2.45, 2.75) is 32.6 Å². The highest BCUT2D eigenvalue weighted by Crippen LogP contribution is 2.19. The van der Waals surface area contributed by atoms with Gasteiger partial charge in [-0.05, 0) is 30.9 Å². The quantitative estimate of drug-likeness (QED) is 0.436. The van der Waals surface area contributed by atoms with Crippen molar-refractivity contribution >= 4 is 11.9 Å². The SMILES string of the molecule is C=CCCc1cccc(C(C)C(=O)OCOC(C)=O)c1. The minimum Gasteiger partial charge on any atom is -0.428 e. The van der Waals surface area contributed by atoms with Crippen LogP contribution >= 0.6 is 0 Å². The van der Waals surface area contributed by atoms with E-state index in [-0.39, 0.29) is 6.79 Å². The van der Waals surface area contributed by atoms with E-state index in [1.54, 1.807) is 6.92 Å². The van der Waals surface area contributed by atoms with Crippen molar-refractivity contribution in [3.05, 3.63) is 48.0 Å². The lowest BCUT2D eigenvalue weighted by molar-refractivity contribution is -0.166. The van der Waals surface area contributed by atoms with Crippen molar-refractivity contribution in [1.82, 2.24) is 0 Å². The standard InChI is InChI=1S/C16H20O4/c1-4-5-7-14-8-6-9-15(10-14)12(2)16(18)20-11-19-13(3)17/h4,6,8-10,12H,1,5,7,11H2,2-3H3. The van der Waals surface area contributed by atoms with E-state index in [4.69, 9.17) is 4.74 Å². The zero-order valence-electron chi connectivity index (χ0n) is 11.9. The third-order valence-corrected chi connectivity index (χ3v) is 2.91. The average molecular weight is 276 g/mol. The van der Waals surface area contributed by atoms with Crippen LogP contribution in [0.4, 0.5) is 0 Å². The van der Waals surface area contributed by atoms with Crippen molar-refractivity contribution in [1.29, 1.82) is 0 Å². The molecule has 0 bridgehead atoms. The first-order valence-electron chi connectivity index (χ1n) is 6.54. The van der Waals surface area contributed by atoms with Crippen LogP contribution in [0.25, 0.3) is 0 Å². The highest BCUT2D eigenvalue weighted by atomic mass is 16.7. The maximum absolute atomic E-state index is 11.8. The summed E-state index contributed by atoms with van der Waals surface area (Å²) >= 11 is 0. The Bertz CT molecular complexity index is 479. The molecule has 20 heavy (non-hydrogen) atoms. The summed E-state index contributed by atoms with van der Waals surface area (Å²) in [5.74, 6) is -1.28. The Morgan fingerprint density at radius 1 is 1.35 bits per heavy atom. The summed E-state index contributed by atoms with van der Waals surface area (Å²) in [7, 11) is 0. The monoisotopic (exact) mass is 276 g/mol. The van der Waals surface area contributed by atoms with Gasteiger partial charge in [0.15, 0.2) is 0 Å². The van der Waals surface area contributed by atoms with E-state index in [2.05, 4.69) is 11.3 Å². The largest absolute Gasteiger partial charge is 0.428 e. The van der Waals surface area contributed by atoms with Crippen LogP contribution in [0.1, 0.15) is 37.3 Å². The molecule has 0 aliphatic rings. The van der Waals surface area contributed by atoms with Crippen LogP contribution in [0.2, 0.25) is 0 Å². The molecule has 4 nitrogen and oxygen atoms in total. The zero-order chi connectivity index (χ0) is 15.0. The van der Waals surface area contributed by atoms with E-state index < -0.39 is 17.9 Å². The van der Waals surface area contributed by atoms with E-state index in [1.165, 1.54) is 6.92 Å². The van der Waals surface area contributed by atoms with Gasteiger partial charge >= 0.3 is 11.9 Å². The summed E-state index contributed by atoms with van der Waals surface area (Å²) in [6, 6.07) is 7.81. The average Bonchev–Trinajstić information content (AvgIpc) is 2.44.